The largest absolute Gasteiger partial charge is 0.446 e. The maximum Gasteiger partial charge on any atom is 0.446 e. The number of halogens is 5. The van der Waals surface area contributed by atoms with Crippen LogP contribution in [0.5, 0.6) is 0 Å². The molecule has 0 saturated heterocycles. The average Bonchev–Trinajstić information content (AvgIpc) is 1.93. The van der Waals surface area contributed by atoms with Crippen molar-refractivity contribution in [3.63, 3.8) is 0 Å². The Morgan fingerprint density at radius 2 is 1.77 bits per heavy atom. The maximum atomic E-state index is 11.9. The summed E-state index contributed by atoms with van der Waals surface area (Å²) in [5.74, 6) is 0. The van der Waals surface area contributed by atoms with Gasteiger partial charge in [0.25, 0.3) is 0 Å². The highest BCUT2D eigenvalue weighted by molar-refractivity contribution is 8.00. The van der Waals surface area contributed by atoms with E-state index < -0.39 is 5.51 Å². The summed E-state index contributed by atoms with van der Waals surface area (Å²) in [5.41, 5.74) is -4.32. The van der Waals surface area contributed by atoms with E-state index in [-0.39, 0.29) is 21.7 Å². The Bertz CT molecular complexity index is 311. The fraction of sp³-hybridized carbons (Fsp3) is 0.143. The number of hydrogen-bond donors (Lipinski definition) is 0. The number of thioether (sulfide) groups is 1. The molecule has 0 fully saturated rings. The van der Waals surface area contributed by atoms with Crippen LogP contribution in [-0.2, 0) is 0 Å². The molecule has 0 amide bonds. The monoisotopic (exact) mass is 246 g/mol. The van der Waals surface area contributed by atoms with Crippen LogP contribution >= 0.6 is 35.0 Å². The highest BCUT2D eigenvalue weighted by Crippen LogP contribution is 2.40. The van der Waals surface area contributed by atoms with E-state index in [9.17, 15) is 13.2 Å². The summed E-state index contributed by atoms with van der Waals surface area (Å²) in [6.45, 7) is 0. The van der Waals surface area contributed by atoms with Crippen molar-refractivity contribution in [1.82, 2.24) is 0 Å². The third-order valence-electron chi connectivity index (χ3n) is 1.12. The molecule has 72 valence electrons. The first kappa shape index (κ1) is 11.0. The number of benzene rings is 1. The van der Waals surface area contributed by atoms with Gasteiger partial charge in [0, 0.05) is 9.92 Å². The summed E-state index contributed by atoms with van der Waals surface area (Å²) in [4.78, 5) is -0.0430. The van der Waals surface area contributed by atoms with Crippen molar-refractivity contribution in [3.8, 4) is 0 Å². The molecule has 1 rings (SSSR count). The molecule has 0 N–H and O–H groups in total. The number of alkyl halides is 3. The van der Waals surface area contributed by atoms with Crippen LogP contribution in [0.15, 0.2) is 23.1 Å². The van der Waals surface area contributed by atoms with Crippen LogP contribution in [0.1, 0.15) is 0 Å². The molecular weight excluding hydrogens is 244 g/mol. The van der Waals surface area contributed by atoms with Gasteiger partial charge < -0.3 is 0 Å². The van der Waals surface area contributed by atoms with Crippen LogP contribution in [0.25, 0.3) is 0 Å². The smallest absolute Gasteiger partial charge is 0.160 e. The van der Waals surface area contributed by atoms with Gasteiger partial charge in [-0.2, -0.15) is 13.2 Å². The minimum atomic E-state index is -4.32. The highest BCUT2D eigenvalue weighted by Gasteiger charge is 2.30. The van der Waals surface area contributed by atoms with E-state index in [2.05, 4.69) is 0 Å². The molecule has 0 saturated carbocycles. The molecule has 0 aliphatic heterocycles. The molecule has 1 aromatic carbocycles. The van der Waals surface area contributed by atoms with E-state index in [0.717, 1.165) is 0 Å². The van der Waals surface area contributed by atoms with Crippen LogP contribution in [0.4, 0.5) is 13.2 Å². The van der Waals surface area contributed by atoms with Crippen LogP contribution in [0.2, 0.25) is 10.0 Å². The van der Waals surface area contributed by atoms with Crippen molar-refractivity contribution in [2.24, 2.45) is 0 Å². The minimum Gasteiger partial charge on any atom is -0.160 e. The first-order valence-corrected chi connectivity index (χ1v) is 4.66. The number of rotatable bonds is 1. The SMILES string of the molecule is FC(F)(F)Sc1ccc(Cl)cc1Cl. The second kappa shape index (κ2) is 3.98. The minimum absolute atomic E-state index is 0.00910. The molecule has 0 aromatic heterocycles. The van der Waals surface area contributed by atoms with Gasteiger partial charge in [-0.05, 0) is 30.0 Å². The van der Waals surface area contributed by atoms with E-state index in [4.69, 9.17) is 23.2 Å². The second-order valence-electron chi connectivity index (χ2n) is 2.12. The topological polar surface area (TPSA) is 0 Å². The summed E-state index contributed by atoms with van der Waals surface area (Å²) in [6.07, 6.45) is 0. The molecule has 0 nitrogen and oxygen atoms in total. The van der Waals surface area contributed by atoms with E-state index in [1.807, 2.05) is 0 Å². The molecule has 6 heteroatoms. The fourth-order valence-electron chi connectivity index (χ4n) is 0.683. The van der Waals surface area contributed by atoms with Gasteiger partial charge >= 0.3 is 5.51 Å². The summed E-state index contributed by atoms with van der Waals surface area (Å²) in [6, 6.07) is 3.88. The Labute approximate surface area is 87.0 Å². The van der Waals surface area contributed by atoms with Crippen molar-refractivity contribution in [2.75, 3.05) is 0 Å². The van der Waals surface area contributed by atoms with Crippen molar-refractivity contribution in [3.05, 3.63) is 28.2 Å². The van der Waals surface area contributed by atoms with Gasteiger partial charge in [0.2, 0.25) is 0 Å². The van der Waals surface area contributed by atoms with Gasteiger partial charge in [0.05, 0.1) is 5.02 Å². The lowest BCUT2D eigenvalue weighted by atomic mass is 10.4. The van der Waals surface area contributed by atoms with Gasteiger partial charge in [0.1, 0.15) is 0 Å². The summed E-state index contributed by atoms with van der Waals surface area (Å²) >= 11 is 10.8. The molecule has 0 heterocycles. The maximum absolute atomic E-state index is 11.9. The van der Waals surface area contributed by atoms with E-state index in [1.165, 1.54) is 18.2 Å². The molecule has 13 heavy (non-hydrogen) atoms. The molecule has 0 spiro atoms. The predicted molar refractivity (Wildman–Crippen MR) is 48.4 cm³/mol. The molecule has 1 aromatic rings. The first-order valence-electron chi connectivity index (χ1n) is 3.09. The van der Waals surface area contributed by atoms with Crippen molar-refractivity contribution >= 4 is 35.0 Å². The summed E-state index contributed by atoms with van der Waals surface area (Å²) < 4.78 is 35.7. The summed E-state index contributed by atoms with van der Waals surface area (Å²) in [5, 5.41) is 0.325. The van der Waals surface area contributed by atoms with E-state index >= 15 is 0 Å². The van der Waals surface area contributed by atoms with Crippen LogP contribution in [0, 0.1) is 0 Å². The standard InChI is InChI=1S/C7H3Cl2F3S/c8-4-1-2-6(5(9)3-4)13-7(10,11)12/h1-3H. The molecule has 0 atom stereocenters. The molecule has 0 unspecified atom stereocenters. The van der Waals surface area contributed by atoms with Crippen LogP contribution in [0.3, 0.4) is 0 Å². The Morgan fingerprint density at radius 1 is 1.15 bits per heavy atom. The third kappa shape index (κ3) is 3.67. The van der Waals surface area contributed by atoms with Gasteiger partial charge in [-0.1, -0.05) is 23.2 Å². The zero-order valence-electron chi connectivity index (χ0n) is 6.03. The second-order valence-corrected chi connectivity index (χ2v) is 4.07. The fourth-order valence-corrected chi connectivity index (χ4v) is 1.75. The van der Waals surface area contributed by atoms with Gasteiger partial charge in [-0.25, -0.2) is 0 Å². The lowest BCUT2D eigenvalue weighted by molar-refractivity contribution is -0.0328. The molecule has 0 bridgehead atoms. The third-order valence-corrected chi connectivity index (χ3v) is 2.59. The molecule has 0 aliphatic carbocycles. The lowest BCUT2D eigenvalue weighted by Crippen LogP contribution is -1.99. The number of hydrogen-bond acceptors (Lipinski definition) is 1. The van der Waals surface area contributed by atoms with E-state index in [0.29, 0.717) is 5.02 Å². The van der Waals surface area contributed by atoms with Gasteiger partial charge in [0.15, 0.2) is 0 Å². The normalized spacial score (nSPS) is 11.8. The first-order chi connectivity index (χ1) is 5.88. The zero-order chi connectivity index (χ0) is 10.1. The Balaban J connectivity index is 2.90. The Morgan fingerprint density at radius 3 is 2.23 bits per heavy atom. The molecule has 0 radical (unpaired) electrons. The quantitative estimate of drug-likeness (QED) is 0.653. The van der Waals surface area contributed by atoms with Crippen LogP contribution in [-0.4, -0.2) is 5.51 Å². The molecular formula is C7H3Cl2F3S. The Kier molecular flexibility index (Phi) is 3.38. The van der Waals surface area contributed by atoms with Gasteiger partial charge in [-0.3, -0.25) is 0 Å². The summed E-state index contributed by atoms with van der Waals surface area (Å²) in [7, 11) is 0. The zero-order valence-corrected chi connectivity index (χ0v) is 8.36. The highest BCUT2D eigenvalue weighted by atomic mass is 35.5. The van der Waals surface area contributed by atoms with Crippen molar-refractivity contribution in [2.45, 2.75) is 10.4 Å². The van der Waals surface area contributed by atoms with Crippen molar-refractivity contribution < 1.29 is 13.2 Å². The van der Waals surface area contributed by atoms with Crippen molar-refractivity contribution in [1.29, 1.82) is 0 Å². The lowest BCUT2D eigenvalue weighted by Gasteiger charge is -2.06. The predicted octanol–water partition coefficient (Wildman–Crippen LogP) is 4.61. The van der Waals surface area contributed by atoms with E-state index in [1.54, 1.807) is 0 Å². The Hall–Kier alpha value is -0.0600. The van der Waals surface area contributed by atoms with Gasteiger partial charge in [-0.15, -0.1) is 0 Å². The molecule has 0 aliphatic rings. The average molecular weight is 247 g/mol. The van der Waals surface area contributed by atoms with Crippen LogP contribution < -0.4 is 0 Å².